The molecule has 1 saturated heterocycles. The van der Waals surface area contributed by atoms with Crippen LogP contribution < -0.4 is 5.32 Å². The molecular weight excluding hydrogens is 452 g/mol. The molecule has 182 valence electrons. The van der Waals surface area contributed by atoms with Crippen molar-refractivity contribution in [3.8, 4) is 0 Å². The minimum absolute atomic E-state index is 0.00641. The van der Waals surface area contributed by atoms with Gasteiger partial charge in [-0.15, -0.1) is 0 Å². The van der Waals surface area contributed by atoms with Gasteiger partial charge in [0.15, 0.2) is 5.72 Å². The number of amides is 1. The first-order chi connectivity index (χ1) is 17.5. The highest BCUT2D eigenvalue weighted by Gasteiger charge is 2.53. The van der Waals surface area contributed by atoms with Crippen LogP contribution in [0.1, 0.15) is 35.5 Å². The molecule has 5 aromatic rings. The molecule has 3 aliphatic heterocycles. The van der Waals surface area contributed by atoms with Crippen molar-refractivity contribution in [3.05, 3.63) is 59.7 Å². The minimum atomic E-state index is -0.759. The summed E-state index contributed by atoms with van der Waals surface area (Å²) in [4.78, 5) is 15.6. The van der Waals surface area contributed by atoms with Crippen molar-refractivity contribution in [2.45, 2.75) is 44.0 Å². The van der Waals surface area contributed by atoms with E-state index < -0.39 is 5.72 Å². The summed E-state index contributed by atoms with van der Waals surface area (Å²) in [5, 5.41) is 7.55. The summed E-state index contributed by atoms with van der Waals surface area (Å²) >= 11 is 0. The Bertz CT molecular complexity index is 1780. The SMILES string of the molecule is CO[C@@H]1[C@H](N(C)C)C[C@@H]2O[C@@]1(C)n1c3ccccc3c3c4c(c5c6ccccc6n2c5c31)C(=O)NC4. The van der Waals surface area contributed by atoms with Crippen molar-refractivity contribution in [1.82, 2.24) is 19.4 Å². The summed E-state index contributed by atoms with van der Waals surface area (Å²) < 4.78 is 18.2. The summed E-state index contributed by atoms with van der Waals surface area (Å²) in [5.74, 6) is 0.00641. The molecule has 1 fully saturated rings. The molecule has 7 heteroatoms. The Balaban J connectivity index is 1.70. The van der Waals surface area contributed by atoms with Crippen LogP contribution in [0.2, 0.25) is 0 Å². The molecule has 8 rings (SSSR count). The molecule has 5 heterocycles. The van der Waals surface area contributed by atoms with E-state index in [0.29, 0.717) is 6.54 Å². The lowest BCUT2D eigenvalue weighted by Crippen LogP contribution is -2.59. The molecule has 0 radical (unpaired) electrons. The average molecular weight is 481 g/mol. The number of nitrogens with one attached hydrogen (secondary N) is 1. The Kier molecular flexibility index (Phi) is 3.85. The zero-order valence-electron chi connectivity index (χ0n) is 20.8. The van der Waals surface area contributed by atoms with Crippen LogP contribution >= 0.6 is 0 Å². The van der Waals surface area contributed by atoms with E-state index >= 15 is 0 Å². The number of rotatable bonds is 2. The molecule has 0 unspecified atom stereocenters. The van der Waals surface area contributed by atoms with E-state index in [9.17, 15) is 4.79 Å². The normalized spacial score (nSPS) is 27.0. The van der Waals surface area contributed by atoms with Crippen molar-refractivity contribution >= 4 is 49.5 Å². The molecule has 0 saturated carbocycles. The number of ether oxygens (including phenoxy) is 2. The van der Waals surface area contributed by atoms with Crippen molar-refractivity contribution in [2.24, 2.45) is 0 Å². The van der Waals surface area contributed by atoms with Gasteiger partial charge in [-0.05, 0) is 38.7 Å². The third-order valence-corrected chi connectivity index (χ3v) is 8.86. The monoisotopic (exact) mass is 480 g/mol. The van der Waals surface area contributed by atoms with Gasteiger partial charge in [0.1, 0.15) is 12.3 Å². The maximum atomic E-state index is 13.4. The van der Waals surface area contributed by atoms with Crippen molar-refractivity contribution in [2.75, 3.05) is 21.2 Å². The molecule has 2 aromatic heterocycles. The second-order valence-corrected chi connectivity index (χ2v) is 10.8. The van der Waals surface area contributed by atoms with Crippen LogP contribution in [0.15, 0.2) is 48.5 Å². The molecule has 4 atom stereocenters. The zero-order chi connectivity index (χ0) is 24.5. The number of benzene rings is 3. The van der Waals surface area contributed by atoms with Gasteiger partial charge in [0.25, 0.3) is 5.91 Å². The van der Waals surface area contributed by atoms with Crippen LogP contribution in [0.5, 0.6) is 0 Å². The van der Waals surface area contributed by atoms with Gasteiger partial charge in [-0.1, -0.05) is 36.4 Å². The second kappa shape index (κ2) is 6.68. The number of para-hydroxylation sites is 2. The quantitative estimate of drug-likeness (QED) is 0.398. The lowest BCUT2D eigenvalue weighted by molar-refractivity contribution is -0.266. The van der Waals surface area contributed by atoms with Crippen LogP contribution in [-0.4, -0.2) is 53.3 Å². The Hall–Kier alpha value is -3.39. The van der Waals surface area contributed by atoms with Gasteiger partial charge in [-0.2, -0.15) is 0 Å². The smallest absolute Gasteiger partial charge is 0.252 e. The maximum absolute atomic E-state index is 13.4. The van der Waals surface area contributed by atoms with Gasteiger partial charge in [-0.3, -0.25) is 4.79 Å². The first kappa shape index (κ1) is 20.8. The molecule has 2 bridgehead atoms. The van der Waals surface area contributed by atoms with Gasteiger partial charge >= 0.3 is 0 Å². The molecule has 0 spiro atoms. The summed E-state index contributed by atoms with van der Waals surface area (Å²) in [5.41, 5.74) is 5.54. The highest BCUT2D eigenvalue weighted by Crippen LogP contribution is 2.54. The fourth-order valence-electron chi connectivity index (χ4n) is 7.51. The maximum Gasteiger partial charge on any atom is 0.252 e. The number of likely N-dealkylation sites (N-methyl/N-ethyl adjacent to an activating group) is 1. The molecular formula is C29H28N4O3. The molecule has 3 aliphatic rings. The average Bonchev–Trinajstić information content (AvgIpc) is 3.51. The van der Waals surface area contributed by atoms with Crippen molar-refractivity contribution in [1.29, 1.82) is 0 Å². The predicted octanol–water partition coefficient (Wildman–Crippen LogP) is 4.70. The predicted molar refractivity (Wildman–Crippen MR) is 140 cm³/mol. The standard InChI is InChI=1S/C29H28N4O3/c1-29-27(35-4)20(31(2)3)13-21(36-29)32-18-11-7-5-9-15(18)23-24-17(14-30-28(24)34)22-16-10-6-8-12-19(16)33(29)26(22)25(23)32/h5-12,20-21,27H,13-14H2,1-4H3,(H,30,34)/t20-,21+,27-,29-/m1/s1. The van der Waals surface area contributed by atoms with E-state index in [-0.39, 0.29) is 24.3 Å². The number of fused-ring (bicyclic) bond motifs is 13. The van der Waals surface area contributed by atoms with E-state index in [1.807, 2.05) is 0 Å². The van der Waals surface area contributed by atoms with Crippen molar-refractivity contribution in [3.63, 3.8) is 0 Å². The van der Waals surface area contributed by atoms with E-state index in [0.717, 1.165) is 61.2 Å². The fraction of sp³-hybridized carbons (Fsp3) is 0.345. The number of carbonyl (C=O) groups excluding carboxylic acids is 1. The molecule has 1 N–H and O–H groups in total. The number of nitrogens with zero attached hydrogens (tertiary/aromatic N) is 3. The Morgan fingerprint density at radius 1 is 1.03 bits per heavy atom. The lowest BCUT2D eigenvalue weighted by Gasteiger charge is -2.50. The zero-order valence-corrected chi connectivity index (χ0v) is 20.8. The highest BCUT2D eigenvalue weighted by molar-refractivity contribution is 6.31. The van der Waals surface area contributed by atoms with E-state index in [1.165, 1.54) is 0 Å². The summed E-state index contributed by atoms with van der Waals surface area (Å²) in [6, 6.07) is 17.1. The number of methoxy groups -OCH3 is 1. The van der Waals surface area contributed by atoms with Crippen LogP contribution in [0.3, 0.4) is 0 Å². The molecule has 7 nitrogen and oxygen atoms in total. The van der Waals surface area contributed by atoms with Gasteiger partial charge in [0.05, 0.1) is 27.6 Å². The van der Waals surface area contributed by atoms with Gasteiger partial charge < -0.3 is 28.8 Å². The fourth-order valence-corrected chi connectivity index (χ4v) is 7.51. The van der Waals surface area contributed by atoms with Crippen LogP contribution in [0.4, 0.5) is 0 Å². The van der Waals surface area contributed by atoms with E-state index in [1.54, 1.807) is 7.11 Å². The topological polar surface area (TPSA) is 60.7 Å². The molecule has 36 heavy (non-hydrogen) atoms. The van der Waals surface area contributed by atoms with Gasteiger partial charge in [-0.25, -0.2) is 0 Å². The van der Waals surface area contributed by atoms with Crippen molar-refractivity contribution < 1.29 is 14.3 Å². The summed E-state index contributed by atoms with van der Waals surface area (Å²) in [6.07, 6.45) is 0.379. The van der Waals surface area contributed by atoms with E-state index in [4.69, 9.17) is 9.47 Å². The first-order valence-corrected chi connectivity index (χ1v) is 12.6. The third kappa shape index (κ3) is 2.19. The third-order valence-electron chi connectivity index (χ3n) is 8.86. The Morgan fingerprint density at radius 3 is 2.44 bits per heavy atom. The number of hydrogen-bond acceptors (Lipinski definition) is 4. The molecule has 0 aliphatic carbocycles. The lowest BCUT2D eigenvalue weighted by atomic mass is 9.92. The number of carbonyl (C=O) groups is 1. The second-order valence-electron chi connectivity index (χ2n) is 10.8. The highest BCUT2D eigenvalue weighted by atomic mass is 16.6. The molecule has 1 amide bonds. The first-order valence-electron chi connectivity index (χ1n) is 12.6. The summed E-state index contributed by atoms with van der Waals surface area (Å²) in [6.45, 7) is 2.70. The van der Waals surface area contributed by atoms with Gasteiger partial charge in [0, 0.05) is 47.7 Å². The largest absolute Gasteiger partial charge is 0.375 e. The van der Waals surface area contributed by atoms with Crippen LogP contribution in [0, 0.1) is 0 Å². The number of aromatic nitrogens is 2. The Morgan fingerprint density at radius 2 is 1.72 bits per heavy atom. The molecule has 3 aromatic carbocycles. The van der Waals surface area contributed by atoms with Gasteiger partial charge in [0.2, 0.25) is 0 Å². The number of hydrogen-bond donors (Lipinski definition) is 1. The Labute approximate surface area is 208 Å². The summed E-state index contributed by atoms with van der Waals surface area (Å²) in [7, 11) is 6.03. The van der Waals surface area contributed by atoms with Crippen LogP contribution in [0.25, 0.3) is 43.6 Å². The van der Waals surface area contributed by atoms with E-state index in [2.05, 4.69) is 88.9 Å². The minimum Gasteiger partial charge on any atom is -0.375 e. The van der Waals surface area contributed by atoms with Crippen LogP contribution in [-0.2, 0) is 21.7 Å².